The molecule has 8 heteroatoms. The van der Waals surface area contributed by atoms with E-state index >= 15 is 0 Å². The first-order valence-electron chi connectivity index (χ1n) is 6.03. The molecule has 2 aromatic heterocycles. The number of nitrogens with zero attached hydrogens (tertiary/aromatic N) is 4. The number of thiazole rings is 1. The summed E-state index contributed by atoms with van der Waals surface area (Å²) >= 11 is 1.35. The molecule has 0 fully saturated rings. The molecule has 0 aliphatic rings. The molecular formula is C13H10N6OS. The average molecular weight is 298 g/mol. The number of hydrogen-bond acceptors (Lipinski definition) is 6. The van der Waals surface area contributed by atoms with E-state index in [0.29, 0.717) is 10.8 Å². The third-order valence-electron chi connectivity index (χ3n) is 2.79. The van der Waals surface area contributed by atoms with E-state index in [4.69, 9.17) is 11.0 Å². The Bertz CT molecular complexity index is 859. The van der Waals surface area contributed by atoms with E-state index < -0.39 is 0 Å². The number of nitrogen functional groups attached to an aromatic ring is 1. The molecular weight excluding hydrogens is 288 g/mol. The summed E-state index contributed by atoms with van der Waals surface area (Å²) in [6, 6.07) is 7.30. The third-order valence-corrected chi connectivity index (χ3v) is 3.72. The number of rotatable bonds is 3. The number of nitrogens with one attached hydrogen (secondary N) is 1. The van der Waals surface area contributed by atoms with Gasteiger partial charge in [-0.05, 0) is 18.2 Å². The standard InChI is InChI=1S/C13H10N6OS/c14-6-11-16-3-4-19(11)7-12(20)18-13-17-9-2-1-8(15)5-10(9)21-13/h1-5H,7,15H2,(H,17,18,20). The fourth-order valence-corrected chi connectivity index (χ4v) is 2.79. The molecule has 21 heavy (non-hydrogen) atoms. The van der Waals surface area contributed by atoms with Crippen LogP contribution in [0.25, 0.3) is 10.2 Å². The Kier molecular flexibility index (Phi) is 3.25. The molecule has 1 aromatic carbocycles. The first-order valence-corrected chi connectivity index (χ1v) is 6.84. The van der Waals surface area contributed by atoms with Crippen LogP contribution in [0.5, 0.6) is 0 Å². The van der Waals surface area contributed by atoms with Gasteiger partial charge in [0.1, 0.15) is 12.6 Å². The second kappa shape index (κ2) is 5.22. The average Bonchev–Trinajstić information content (AvgIpc) is 3.03. The molecule has 0 radical (unpaired) electrons. The summed E-state index contributed by atoms with van der Waals surface area (Å²) in [4.78, 5) is 20.1. The predicted molar refractivity (Wildman–Crippen MR) is 79.6 cm³/mol. The molecule has 3 aromatic rings. The van der Waals surface area contributed by atoms with E-state index in [2.05, 4.69) is 15.3 Å². The molecule has 104 valence electrons. The maximum atomic E-state index is 12.0. The molecule has 0 bridgehead atoms. The van der Waals surface area contributed by atoms with Crippen molar-refractivity contribution in [1.82, 2.24) is 14.5 Å². The molecule has 1 amide bonds. The normalized spacial score (nSPS) is 10.4. The lowest BCUT2D eigenvalue weighted by Gasteiger charge is -2.03. The molecule has 3 N–H and O–H groups in total. The van der Waals surface area contributed by atoms with Crippen molar-refractivity contribution in [3.63, 3.8) is 0 Å². The molecule has 0 saturated heterocycles. The summed E-state index contributed by atoms with van der Waals surface area (Å²) in [5.41, 5.74) is 7.14. The van der Waals surface area contributed by atoms with Crippen LogP contribution >= 0.6 is 11.3 Å². The predicted octanol–water partition coefficient (Wildman–Crippen LogP) is 1.59. The largest absolute Gasteiger partial charge is 0.399 e. The Morgan fingerprint density at radius 3 is 3.19 bits per heavy atom. The second-order valence-electron chi connectivity index (χ2n) is 4.28. The van der Waals surface area contributed by atoms with Crippen molar-refractivity contribution in [3.05, 3.63) is 36.4 Å². The van der Waals surface area contributed by atoms with E-state index in [1.165, 1.54) is 22.1 Å². The van der Waals surface area contributed by atoms with Crippen LogP contribution in [0.4, 0.5) is 10.8 Å². The highest BCUT2D eigenvalue weighted by Crippen LogP contribution is 2.27. The van der Waals surface area contributed by atoms with Gasteiger partial charge in [0.2, 0.25) is 11.7 Å². The fourth-order valence-electron chi connectivity index (χ4n) is 1.86. The molecule has 0 aliphatic carbocycles. The van der Waals surface area contributed by atoms with Gasteiger partial charge in [-0.3, -0.25) is 4.79 Å². The highest BCUT2D eigenvalue weighted by atomic mass is 32.1. The van der Waals surface area contributed by atoms with Crippen LogP contribution in [0.3, 0.4) is 0 Å². The molecule has 0 aliphatic heterocycles. The SMILES string of the molecule is N#Cc1nccn1CC(=O)Nc1nc2ccc(N)cc2s1. The van der Waals surface area contributed by atoms with E-state index in [-0.39, 0.29) is 18.3 Å². The number of amides is 1. The Labute approximate surface area is 123 Å². The molecule has 3 rings (SSSR count). The van der Waals surface area contributed by atoms with Crippen LogP contribution < -0.4 is 11.1 Å². The minimum Gasteiger partial charge on any atom is -0.399 e. The third kappa shape index (κ3) is 2.68. The van der Waals surface area contributed by atoms with Crippen molar-refractivity contribution in [2.45, 2.75) is 6.54 Å². The molecule has 0 atom stereocenters. The van der Waals surface area contributed by atoms with Crippen molar-refractivity contribution < 1.29 is 4.79 Å². The number of nitrogens with two attached hydrogens (primary N) is 1. The number of nitriles is 1. The fraction of sp³-hybridized carbons (Fsp3) is 0.0769. The van der Waals surface area contributed by atoms with Crippen LogP contribution in [0.1, 0.15) is 5.82 Å². The lowest BCUT2D eigenvalue weighted by atomic mass is 10.3. The number of carbonyl (C=O) groups is 1. The molecule has 0 unspecified atom stereocenters. The number of fused-ring (bicyclic) bond motifs is 1. The Morgan fingerprint density at radius 2 is 2.38 bits per heavy atom. The summed E-state index contributed by atoms with van der Waals surface area (Å²) < 4.78 is 2.38. The zero-order chi connectivity index (χ0) is 14.8. The Morgan fingerprint density at radius 1 is 1.52 bits per heavy atom. The minimum absolute atomic E-state index is 0.0148. The van der Waals surface area contributed by atoms with Crippen molar-refractivity contribution in [2.24, 2.45) is 0 Å². The molecule has 0 spiro atoms. The van der Waals surface area contributed by atoms with Gasteiger partial charge in [-0.15, -0.1) is 0 Å². The van der Waals surface area contributed by atoms with Gasteiger partial charge in [0.25, 0.3) is 0 Å². The molecule has 2 heterocycles. The summed E-state index contributed by atoms with van der Waals surface area (Å²) in [6.45, 7) is 0.0148. The second-order valence-corrected chi connectivity index (χ2v) is 5.32. The van der Waals surface area contributed by atoms with Crippen LogP contribution in [-0.2, 0) is 11.3 Å². The molecule has 7 nitrogen and oxygen atoms in total. The van der Waals surface area contributed by atoms with E-state index in [1.54, 1.807) is 18.3 Å². The zero-order valence-electron chi connectivity index (χ0n) is 10.8. The summed E-state index contributed by atoms with van der Waals surface area (Å²) in [5, 5.41) is 12.1. The number of anilines is 2. The van der Waals surface area contributed by atoms with E-state index in [1.807, 2.05) is 12.1 Å². The Hall–Kier alpha value is -2.92. The lowest BCUT2D eigenvalue weighted by molar-refractivity contribution is -0.116. The maximum absolute atomic E-state index is 12.0. The number of imidazole rings is 1. The van der Waals surface area contributed by atoms with E-state index in [9.17, 15) is 4.79 Å². The first-order chi connectivity index (χ1) is 10.2. The van der Waals surface area contributed by atoms with Gasteiger partial charge in [0.05, 0.1) is 10.2 Å². The maximum Gasteiger partial charge on any atom is 0.246 e. The van der Waals surface area contributed by atoms with E-state index in [0.717, 1.165) is 10.2 Å². The quantitative estimate of drug-likeness (QED) is 0.713. The highest BCUT2D eigenvalue weighted by molar-refractivity contribution is 7.22. The minimum atomic E-state index is -0.267. The molecule has 0 saturated carbocycles. The Balaban J connectivity index is 1.76. The van der Waals surface area contributed by atoms with Crippen molar-refractivity contribution in [3.8, 4) is 6.07 Å². The monoisotopic (exact) mass is 298 g/mol. The number of hydrogen-bond donors (Lipinski definition) is 2. The van der Waals surface area contributed by atoms with Crippen LogP contribution in [0.15, 0.2) is 30.6 Å². The highest BCUT2D eigenvalue weighted by Gasteiger charge is 2.10. The lowest BCUT2D eigenvalue weighted by Crippen LogP contribution is -2.19. The summed E-state index contributed by atoms with van der Waals surface area (Å²) in [5.74, 6) is -0.0706. The topological polar surface area (TPSA) is 110 Å². The first kappa shape index (κ1) is 13.1. The summed E-state index contributed by atoms with van der Waals surface area (Å²) in [7, 11) is 0. The van der Waals surface area contributed by atoms with Crippen LogP contribution in [0.2, 0.25) is 0 Å². The van der Waals surface area contributed by atoms with Crippen molar-refractivity contribution in [1.29, 1.82) is 5.26 Å². The van der Waals surface area contributed by atoms with Crippen LogP contribution in [-0.4, -0.2) is 20.4 Å². The van der Waals surface area contributed by atoms with Gasteiger partial charge < -0.3 is 15.6 Å². The number of aromatic nitrogens is 3. The van der Waals surface area contributed by atoms with Gasteiger partial charge in [-0.25, -0.2) is 9.97 Å². The zero-order valence-corrected chi connectivity index (χ0v) is 11.6. The summed E-state index contributed by atoms with van der Waals surface area (Å²) in [6.07, 6.45) is 3.06. The number of benzene rings is 1. The van der Waals surface area contributed by atoms with Crippen molar-refractivity contribution >= 4 is 38.3 Å². The van der Waals surface area contributed by atoms with Gasteiger partial charge in [-0.2, -0.15) is 5.26 Å². The smallest absolute Gasteiger partial charge is 0.246 e. The van der Waals surface area contributed by atoms with Gasteiger partial charge >= 0.3 is 0 Å². The van der Waals surface area contributed by atoms with Gasteiger partial charge in [0, 0.05) is 18.1 Å². The number of carbonyl (C=O) groups excluding carboxylic acids is 1. The van der Waals surface area contributed by atoms with Crippen LogP contribution in [0, 0.1) is 11.3 Å². The van der Waals surface area contributed by atoms with Crippen molar-refractivity contribution in [2.75, 3.05) is 11.1 Å². The van der Waals surface area contributed by atoms with Gasteiger partial charge in [-0.1, -0.05) is 11.3 Å². The van der Waals surface area contributed by atoms with Gasteiger partial charge in [0.15, 0.2) is 5.13 Å².